The summed E-state index contributed by atoms with van der Waals surface area (Å²) in [6, 6.07) is 12.1. The molecule has 0 amide bonds. The number of benzene rings is 1. The maximum absolute atomic E-state index is 9.37. The zero-order chi connectivity index (χ0) is 17.4. The van der Waals surface area contributed by atoms with Crippen LogP contribution in [0.25, 0.3) is 10.9 Å². The predicted molar refractivity (Wildman–Crippen MR) is 98.7 cm³/mol. The Hall–Kier alpha value is -2.72. The fourth-order valence-corrected chi connectivity index (χ4v) is 2.28. The highest BCUT2D eigenvalue weighted by molar-refractivity contribution is 5.77. The third kappa shape index (κ3) is 4.64. The molecule has 2 heterocycles. The number of allylic oxidation sites excluding steroid dienone is 2. The van der Waals surface area contributed by atoms with Crippen LogP contribution in [-0.2, 0) is 13.0 Å². The van der Waals surface area contributed by atoms with Crippen molar-refractivity contribution >= 4 is 10.9 Å². The van der Waals surface area contributed by atoms with E-state index in [-0.39, 0.29) is 0 Å². The molecule has 1 N–H and O–H groups in total. The van der Waals surface area contributed by atoms with Crippen LogP contribution >= 0.6 is 0 Å². The first kappa shape index (κ1) is 17.6. The molecule has 1 aromatic carbocycles. The monoisotopic (exact) mass is 321 g/mol. The lowest BCUT2D eigenvalue weighted by atomic mass is 10.2. The molecule has 0 fully saturated rings. The summed E-state index contributed by atoms with van der Waals surface area (Å²) < 4.78 is 1.97. The zero-order valence-electron chi connectivity index (χ0n) is 14.0. The molecular formula is C20H23N3O. The minimum atomic E-state index is -0.523. The number of aromatic nitrogens is 3. The minimum absolute atomic E-state index is 0.523. The Morgan fingerprint density at radius 1 is 1.17 bits per heavy atom. The number of pyridine rings is 1. The van der Waals surface area contributed by atoms with Gasteiger partial charge in [-0.15, -0.1) is 13.2 Å². The van der Waals surface area contributed by atoms with E-state index in [0.717, 1.165) is 11.3 Å². The summed E-state index contributed by atoms with van der Waals surface area (Å²) >= 11 is 0. The molecule has 4 nitrogen and oxygen atoms in total. The number of aliphatic hydroxyl groups excluding tert-OH is 1. The highest BCUT2D eigenvalue weighted by atomic mass is 16.3. The predicted octanol–water partition coefficient (Wildman–Crippen LogP) is 4.09. The van der Waals surface area contributed by atoms with Gasteiger partial charge in [-0.1, -0.05) is 36.4 Å². The largest absolute Gasteiger partial charge is 0.387 e. The van der Waals surface area contributed by atoms with Crippen LogP contribution < -0.4 is 0 Å². The molecule has 0 bridgehead atoms. The van der Waals surface area contributed by atoms with E-state index in [1.54, 1.807) is 19.1 Å². The van der Waals surface area contributed by atoms with E-state index in [1.165, 1.54) is 5.39 Å². The number of hydrogen-bond donors (Lipinski definition) is 1. The van der Waals surface area contributed by atoms with Gasteiger partial charge in [0.05, 0.1) is 17.3 Å². The van der Waals surface area contributed by atoms with E-state index >= 15 is 0 Å². The van der Waals surface area contributed by atoms with Crippen LogP contribution in [0.3, 0.4) is 0 Å². The van der Waals surface area contributed by atoms with Crippen LogP contribution in [0, 0.1) is 0 Å². The molecule has 0 saturated carbocycles. The van der Waals surface area contributed by atoms with Gasteiger partial charge in [0.2, 0.25) is 0 Å². The quantitative estimate of drug-likeness (QED) is 0.720. The van der Waals surface area contributed by atoms with Gasteiger partial charge >= 0.3 is 0 Å². The third-order valence-electron chi connectivity index (χ3n) is 3.47. The number of aliphatic hydroxyl groups is 1. The first-order valence-electron chi connectivity index (χ1n) is 7.91. The highest BCUT2D eigenvalue weighted by Crippen LogP contribution is 2.12. The van der Waals surface area contributed by atoms with Crippen LogP contribution in [0.15, 0.2) is 74.1 Å². The standard InChI is InChI=1S/C11H16N2O.C9H7N/c1-4-6-11-12-10(9(3)14)8-13(11)7-5-2;1-2-6-9-8(4-1)5-3-7-10-9/h4-5,8-9,14H,1-2,6-7H2,3H3;1-7H. The van der Waals surface area contributed by atoms with Crippen molar-refractivity contribution in [3.8, 4) is 0 Å². The van der Waals surface area contributed by atoms with Gasteiger partial charge in [-0.2, -0.15) is 0 Å². The second-order valence-corrected chi connectivity index (χ2v) is 5.39. The van der Waals surface area contributed by atoms with Gasteiger partial charge in [0, 0.05) is 30.7 Å². The second-order valence-electron chi connectivity index (χ2n) is 5.39. The molecule has 3 aromatic rings. The van der Waals surface area contributed by atoms with Gasteiger partial charge in [-0.05, 0) is 19.1 Å². The Morgan fingerprint density at radius 2 is 1.92 bits per heavy atom. The van der Waals surface area contributed by atoms with Crippen molar-refractivity contribution in [3.63, 3.8) is 0 Å². The zero-order valence-corrected chi connectivity index (χ0v) is 14.0. The van der Waals surface area contributed by atoms with Gasteiger partial charge in [-0.25, -0.2) is 4.98 Å². The van der Waals surface area contributed by atoms with Crippen LogP contribution in [-0.4, -0.2) is 19.6 Å². The third-order valence-corrected chi connectivity index (χ3v) is 3.47. The summed E-state index contributed by atoms with van der Waals surface area (Å²) in [4.78, 5) is 8.49. The van der Waals surface area contributed by atoms with Crippen LogP contribution in [0.2, 0.25) is 0 Å². The van der Waals surface area contributed by atoms with E-state index in [0.29, 0.717) is 18.7 Å². The summed E-state index contributed by atoms with van der Waals surface area (Å²) in [5, 5.41) is 10.6. The van der Waals surface area contributed by atoms with Crippen molar-refractivity contribution in [3.05, 3.63) is 85.6 Å². The topological polar surface area (TPSA) is 50.9 Å². The van der Waals surface area contributed by atoms with E-state index in [4.69, 9.17) is 0 Å². The normalized spacial score (nSPS) is 11.4. The molecule has 3 rings (SSSR count). The van der Waals surface area contributed by atoms with Crippen molar-refractivity contribution in [2.45, 2.75) is 26.0 Å². The van der Waals surface area contributed by atoms with Gasteiger partial charge < -0.3 is 9.67 Å². The van der Waals surface area contributed by atoms with Crippen LogP contribution in [0.5, 0.6) is 0 Å². The Labute approximate surface area is 142 Å². The van der Waals surface area contributed by atoms with Crippen molar-refractivity contribution in [2.24, 2.45) is 0 Å². The summed E-state index contributed by atoms with van der Waals surface area (Å²) in [5.74, 6) is 0.913. The molecule has 0 spiro atoms. The van der Waals surface area contributed by atoms with Crippen molar-refractivity contribution in [1.29, 1.82) is 0 Å². The first-order chi connectivity index (χ1) is 11.7. The van der Waals surface area contributed by atoms with Crippen LogP contribution in [0.1, 0.15) is 24.5 Å². The summed E-state index contributed by atoms with van der Waals surface area (Å²) in [6.07, 6.45) is 7.45. The molecule has 1 unspecified atom stereocenters. The maximum Gasteiger partial charge on any atom is 0.113 e. The SMILES string of the molecule is C=CCc1nc(C(C)O)cn1CC=C.c1ccc2ncccc2c1. The maximum atomic E-state index is 9.37. The lowest BCUT2D eigenvalue weighted by Gasteiger charge is -2.00. The number of imidazole rings is 1. The molecule has 2 aromatic heterocycles. The van der Waals surface area contributed by atoms with Crippen molar-refractivity contribution < 1.29 is 5.11 Å². The van der Waals surface area contributed by atoms with Crippen LogP contribution in [0.4, 0.5) is 0 Å². The van der Waals surface area contributed by atoms with Crippen molar-refractivity contribution in [2.75, 3.05) is 0 Å². The van der Waals surface area contributed by atoms with Gasteiger partial charge in [0.25, 0.3) is 0 Å². The van der Waals surface area contributed by atoms with Crippen molar-refractivity contribution in [1.82, 2.24) is 14.5 Å². The molecule has 0 aliphatic rings. The molecule has 24 heavy (non-hydrogen) atoms. The molecular weight excluding hydrogens is 298 g/mol. The summed E-state index contributed by atoms with van der Waals surface area (Å²) in [6.45, 7) is 9.76. The number of para-hydroxylation sites is 1. The Bertz CT molecular complexity index is 713. The molecule has 0 aliphatic heterocycles. The second kappa shape index (κ2) is 8.79. The van der Waals surface area contributed by atoms with E-state index < -0.39 is 6.10 Å². The minimum Gasteiger partial charge on any atom is -0.387 e. The Balaban J connectivity index is 0.000000182. The molecule has 0 radical (unpaired) electrons. The molecule has 124 valence electrons. The van der Waals surface area contributed by atoms with Gasteiger partial charge in [-0.3, -0.25) is 4.98 Å². The van der Waals surface area contributed by atoms with E-state index in [1.807, 2.05) is 41.2 Å². The molecule has 1 atom stereocenters. The highest BCUT2D eigenvalue weighted by Gasteiger charge is 2.09. The number of fused-ring (bicyclic) bond motifs is 1. The summed E-state index contributed by atoms with van der Waals surface area (Å²) in [7, 11) is 0. The van der Waals surface area contributed by atoms with E-state index in [9.17, 15) is 5.11 Å². The molecule has 0 aliphatic carbocycles. The number of hydrogen-bond acceptors (Lipinski definition) is 3. The van der Waals surface area contributed by atoms with E-state index in [2.05, 4.69) is 35.3 Å². The number of rotatable bonds is 5. The molecule has 0 saturated heterocycles. The lowest BCUT2D eigenvalue weighted by molar-refractivity contribution is 0.194. The Morgan fingerprint density at radius 3 is 2.58 bits per heavy atom. The first-order valence-corrected chi connectivity index (χ1v) is 7.91. The fraction of sp³-hybridized carbons (Fsp3) is 0.200. The summed E-state index contributed by atoms with van der Waals surface area (Å²) in [5.41, 5.74) is 1.76. The van der Waals surface area contributed by atoms with Gasteiger partial charge in [0.15, 0.2) is 0 Å². The lowest BCUT2D eigenvalue weighted by Crippen LogP contribution is -1.99. The average molecular weight is 321 g/mol. The fourth-order valence-electron chi connectivity index (χ4n) is 2.28. The average Bonchev–Trinajstić information content (AvgIpc) is 3.00. The Kier molecular flexibility index (Phi) is 6.46. The number of nitrogens with zero attached hydrogens (tertiary/aromatic N) is 3. The smallest absolute Gasteiger partial charge is 0.113 e. The molecule has 4 heteroatoms. The van der Waals surface area contributed by atoms with Gasteiger partial charge in [0.1, 0.15) is 5.82 Å².